The summed E-state index contributed by atoms with van der Waals surface area (Å²) in [5.74, 6) is -0.982. The summed E-state index contributed by atoms with van der Waals surface area (Å²) in [6, 6.07) is 3.73. The molecule has 124 valence electrons. The largest absolute Gasteiger partial charge is 0.478 e. The van der Waals surface area contributed by atoms with Crippen LogP contribution in [0.15, 0.2) is 24.5 Å². The number of carboxylic acids is 1. The Kier molecular flexibility index (Phi) is 4.05. The zero-order valence-corrected chi connectivity index (χ0v) is 14.2. The SMILES string of the molecule is CCn1ncc2c(-c3ccnc(C)c3)c(C(=O)O)c(C(C)C)nc21. The predicted octanol–water partition coefficient (Wildman–Crippen LogP) is 3.64. The van der Waals surface area contributed by atoms with Gasteiger partial charge in [-0.15, -0.1) is 0 Å². The molecule has 0 radical (unpaired) electrons. The number of hydrogen-bond donors (Lipinski definition) is 1. The van der Waals surface area contributed by atoms with Crippen LogP contribution in [0.1, 0.15) is 48.4 Å². The number of aromatic nitrogens is 4. The lowest BCUT2D eigenvalue weighted by Crippen LogP contribution is -2.11. The van der Waals surface area contributed by atoms with Gasteiger partial charge in [0.05, 0.1) is 17.5 Å². The molecule has 3 heterocycles. The van der Waals surface area contributed by atoms with E-state index in [4.69, 9.17) is 0 Å². The standard InChI is InChI=1S/C18H20N4O2/c1-5-22-17-13(9-20-22)14(12-6-7-19-11(4)8-12)15(18(23)24)16(21-17)10(2)3/h6-10H,5H2,1-4H3,(H,23,24). The van der Waals surface area contributed by atoms with Crippen molar-refractivity contribution in [3.8, 4) is 11.1 Å². The quantitative estimate of drug-likeness (QED) is 0.792. The van der Waals surface area contributed by atoms with Crippen molar-refractivity contribution in [2.24, 2.45) is 0 Å². The van der Waals surface area contributed by atoms with Crippen LogP contribution in [0, 0.1) is 6.92 Å². The van der Waals surface area contributed by atoms with E-state index in [0.717, 1.165) is 22.3 Å². The van der Waals surface area contributed by atoms with Crippen LogP contribution >= 0.6 is 0 Å². The third-order valence-electron chi connectivity index (χ3n) is 4.06. The summed E-state index contributed by atoms with van der Waals surface area (Å²) in [7, 11) is 0. The second-order valence-corrected chi connectivity index (χ2v) is 6.09. The highest BCUT2D eigenvalue weighted by molar-refractivity contribution is 6.06. The summed E-state index contributed by atoms with van der Waals surface area (Å²) >= 11 is 0. The van der Waals surface area contributed by atoms with E-state index in [-0.39, 0.29) is 11.5 Å². The summed E-state index contributed by atoms with van der Waals surface area (Å²) in [5.41, 5.74) is 3.87. The van der Waals surface area contributed by atoms with E-state index in [2.05, 4.69) is 15.1 Å². The molecule has 0 aliphatic rings. The maximum Gasteiger partial charge on any atom is 0.338 e. The summed E-state index contributed by atoms with van der Waals surface area (Å²) in [6.07, 6.45) is 3.40. The minimum absolute atomic E-state index is 0.0117. The maximum atomic E-state index is 12.0. The fourth-order valence-electron chi connectivity index (χ4n) is 2.97. The van der Waals surface area contributed by atoms with Gasteiger partial charge in [0.25, 0.3) is 0 Å². The summed E-state index contributed by atoms with van der Waals surface area (Å²) in [4.78, 5) is 20.9. The minimum atomic E-state index is -0.971. The van der Waals surface area contributed by atoms with Gasteiger partial charge in [-0.25, -0.2) is 14.5 Å². The fourth-order valence-corrected chi connectivity index (χ4v) is 2.97. The molecule has 0 saturated carbocycles. The first-order valence-electron chi connectivity index (χ1n) is 7.99. The number of fused-ring (bicyclic) bond motifs is 1. The minimum Gasteiger partial charge on any atom is -0.478 e. The smallest absolute Gasteiger partial charge is 0.338 e. The molecule has 3 aromatic heterocycles. The Morgan fingerprint density at radius 3 is 2.71 bits per heavy atom. The number of nitrogens with zero attached hydrogens (tertiary/aromatic N) is 4. The lowest BCUT2D eigenvalue weighted by Gasteiger charge is -2.15. The van der Waals surface area contributed by atoms with Gasteiger partial charge in [0, 0.05) is 29.4 Å². The van der Waals surface area contributed by atoms with Crippen molar-refractivity contribution in [2.45, 2.75) is 40.2 Å². The first-order valence-corrected chi connectivity index (χ1v) is 7.99. The average Bonchev–Trinajstić information content (AvgIpc) is 2.95. The van der Waals surface area contributed by atoms with E-state index in [9.17, 15) is 9.90 Å². The molecule has 0 spiro atoms. The zero-order chi connectivity index (χ0) is 17.4. The Bertz CT molecular complexity index is 928. The van der Waals surface area contributed by atoms with Gasteiger partial charge in [0.2, 0.25) is 0 Å². The lowest BCUT2D eigenvalue weighted by atomic mass is 9.92. The van der Waals surface area contributed by atoms with Gasteiger partial charge in [0.1, 0.15) is 0 Å². The molecule has 0 aliphatic carbocycles. The third kappa shape index (κ3) is 2.54. The molecule has 0 fully saturated rings. The van der Waals surface area contributed by atoms with E-state index in [1.807, 2.05) is 39.8 Å². The van der Waals surface area contributed by atoms with Gasteiger partial charge < -0.3 is 5.11 Å². The average molecular weight is 324 g/mol. The van der Waals surface area contributed by atoms with Gasteiger partial charge in [0.15, 0.2) is 5.65 Å². The van der Waals surface area contributed by atoms with Crippen LogP contribution in [0.2, 0.25) is 0 Å². The molecule has 3 rings (SSSR count). The van der Waals surface area contributed by atoms with Crippen molar-refractivity contribution in [2.75, 3.05) is 0 Å². The Morgan fingerprint density at radius 1 is 1.38 bits per heavy atom. The monoisotopic (exact) mass is 324 g/mol. The zero-order valence-electron chi connectivity index (χ0n) is 14.2. The van der Waals surface area contributed by atoms with Gasteiger partial charge in [-0.3, -0.25) is 4.98 Å². The number of hydrogen-bond acceptors (Lipinski definition) is 4. The molecule has 3 aromatic rings. The Labute approximate surface area is 140 Å². The number of carboxylic acid groups (broad SMARTS) is 1. The normalized spacial score (nSPS) is 11.4. The highest BCUT2D eigenvalue weighted by Gasteiger charge is 2.25. The molecule has 0 amide bonds. The maximum absolute atomic E-state index is 12.0. The number of aromatic carboxylic acids is 1. The van der Waals surface area contributed by atoms with Crippen molar-refractivity contribution in [3.05, 3.63) is 41.5 Å². The molecular formula is C18H20N4O2. The van der Waals surface area contributed by atoms with Crippen molar-refractivity contribution in [3.63, 3.8) is 0 Å². The lowest BCUT2D eigenvalue weighted by molar-refractivity contribution is 0.0695. The molecule has 0 saturated heterocycles. The van der Waals surface area contributed by atoms with Crippen LogP contribution in [0.5, 0.6) is 0 Å². The predicted molar refractivity (Wildman–Crippen MR) is 92.2 cm³/mol. The number of rotatable bonds is 4. The van der Waals surface area contributed by atoms with Crippen molar-refractivity contribution in [1.82, 2.24) is 19.7 Å². The molecule has 0 aromatic carbocycles. The second-order valence-electron chi connectivity index (χ2n) is 6.09. The van der Waals surface area contributed by atoms with Crippen LogP contribution in [-0.2, 0) is 6.54 Å². The molecule has 0 bridgehead atoms. The number of aryl methyl sites for hydroxylation is 2. The van der Waals surface area contributed by atoms with Crippen molar-refractivity contribution in [1.29, 1.82) is 0 Å². The van der Waals surface area contributed by atoms with Gasteiger partial charge in [-0.2, -0.15) is 5.10 Å². The topological polar surface area (TPSA) is 80.9 Å². The Morgan fingerprint density at radius 2 is 2.12 bits per heavy atom. The highest BCUT2D eigenvalue weighted by atomic mass is 16.4. The van der Waals surface area contributed by atoms with E-state index in [1.54, 1.807) is 17.1 Å². The molecule has 1 N–H and O–H groups in total. The van der Waals surface area contributed by atoms with Crippen molar-refractivity contribution >= 4 is 17.0 Å². The van der Waals surface area contributed by atoms with Crippen LogP contribution in [0.25, 0.3) is 22.2 Å². The van der Waals surface area contributed by atoms with Crippen LogP contribution < -0.4 is 0 Å². The second kappa shape index (κ2) is 6.03. The van der Waals surface area contributed by atoms with Crippen LogP contribution in [0.4, 0.5) is 0 Å². The van der Waals surface area contributed by atoms with Gasteiger partial charge in [-0.1, -0.05) is 13.8 Å². The number of pyridine rings is 2. The Balaban J connectivity index is 2.49. The van der Waals surface area contributed by atoms with Gasteiger partial charge >= 0.3 is 5.97 Å². The molecule has 6 heteroatoms. The van der Waals surface area contributed by atoms with Gasteiger partial charge in [-0.05, 0) is 37.5 Å². The van der Waals surface area contributed by atoms with E-state index in [0.29, 0.717) is 17.8 Å². The first kappa shape index (κ1) is 16.1. The molecule has 0 aliphatic heterocycles. The first-order chi connectivity index (χ1) is 11.4. The molecule has 0 atom stereocenters. The molecule has 24 heavy (non-hydrogen) atoms. The third-order valence-corrected chi connectivity index (χ3v) is 4.06. The Hall–Kier alpha value is -2.76. The van der Waals surface area contributed by atoms with Crippen molar-refractivity contribution < 1.29 is 9.90 Å². The van der Waals surface area contributed by atoms with E-state index in [1.165, 1.54) is 0 Å². The van der Waals surface area contributed by atoms with Crippen LogP contribution in [0.3, 0.4) is 0 Å². The number of carbonyl (C=O) groups is 1. The summed E-state index contributed by atoms with van der Waals surface area (Å²) in [5, 5.41) is 15.0. The fraction of sp³-hybridized carbons (Fsp3) is 0.333. The highest BCUT2D eigenvalue weighted by Crippen LogP contribution is 2.35. The van der Waals surface area contributed by atoms with E-state index >= 15 is 0 Å². The summed E-state index contributed by atoms with van der Waals surface area (Å²) < 4.78 is 1.80. The molecular weight excluding hydrogens is 304 g/mol. The van der Waals surface area contributed by atoms with E-state index < -0.39 is 5.97 Å². The molecule has 0 unspecified atom stereocenters. The van der Waals surface area contributed by atoms with Crippen LogP contribution in [-0.4, -0.2) is 30.8 Å². The molecule has 6 nitrogen and oxygen atoms in total. The summed E-state index contributed by atoms with van der Waals surface area (Å²) in [6.45, 7) is 8.46.